The molecule has 0 atom stereocenters. The van der Waals surface area contributed by atoms with Crippen LogP contribution in [0.25, 0.3) is 10.9 Å². The van der Waals surface area contributed by atoms with Gasteiger partial charge < -0.3 is 11.1 Å². The summed E-state index contributed by atoms with van der Waals surface area (Å²) in [5, 5.41) is 6.67. The predicted molar refractivity (Wildman–Crippen MR) is 93.5 cm³/mol. The molecule has 0 aliphatic rings. The Labute approximate surface area is 134 Å². The van der Waals surface area contributed by atoms with Gasteiger partial charge in [0.05, 0.1) is 5.52 Å². The van der Waals surface area contributed by atoms with Crippen LogP contribution < -0.4 is 11.1 Å². The van der Waals surface area contributed by atoms with Gasteiger partial charge in [-0.2, -0.15) is 0 Å². The van der Waals surface area contributed by atoms with Crippen LogP contribution in [-0.2, 0) is 12.8 Å². The minimum atomic E-state index is 0.562. The molecule has 0 radical (unpaired) electrons. The average Bonchev–Trinajstić information content (AvgIpc) is 2.93. The van der Waals surface area contributed by atoms with E-state index in [0.717, 1.165) is 35.5 Å². The van der Waals surface area contributed by atoms with Crippen LogP contribution in [-0.4, -0.2) is 23.1 Å². The molecule has 3 rings (SSSR count). The molecule has 0 unspecified atom stereocenters. The first-order valence-corrected chi connectivity index (χ1v) is 8.38. The number of nitrogens with two attached hydrogens (primary N) is 1. The first kappa shape index (κ1) is 14.9. The summed E-state index contributed by atoms with van der Waals surface area (Å²) < 4.78 is 0. The van der Waals surface area contributed by atoms with E-state index in [1.807, 2.05) is 29.5 Å². The molecule has 2 aromatic heterocycles. The lowest BCUT2D eigenvalue weighted by molar-refractivity contribution is 0.876. The maximum Gasteiger partial charge on any atom is 0.137 e. The average molecular weight is 312 g/mol. The van der Waals surface area contributed by atoms with E-state index in [9.17, 15) is 0 Å². The summed E-state index contributed by atoms with van der Waals surface area (Å²) in [6.45, 7) is 3.59. The summed E-state index contributed by atoms with van der Waals surface area (Å²) in [5.74, 6) is 1.71. The third-order valence-corrected chi connectivity index (χ3v) is 4.71. The van der Waals surface area contributed by atoms with Gasteiger partial charge in [0.25, 0.3) is 0 Å². The third kappa shape index (κ3) is 3.26. The Balaban J connectivity index is 1.80. The van der Waals surface area contributed by atoms with E-state index >= 15 is 0 Å². The van der Waals surface area contributed by atoms with Crippen molar-refractivity contribution < 1.29 is 0 Å². The van der Waals surface area contributed by atoms with Gasteiger partial charge in [-0.25, -0.2) is 9.97 Å². The summed E-state index contributed by atoms with van der Waals surface area (Å²) in [7, 11) is 0. The number of nitrogens with zero attached hydrogens (tertiary/aromatic N) is 2. The van der Waals surface area contributed by atoms with Crippen LogP contribution in [0.2, 0.25) is 0 Å². The molecule has 0 saturated heterocycles. The fraction of sp³-hybridized carbons (Fsp3) is 0.294. The van der Waals surface area contributed by atoms with Gasteiger partial charge >= 0.3 is 0 Å². The van der Waals surface area contributed by atoms with Crippen LogP contribution in [0.3, 0.4) is 0 Å². The molecule has 0 saturated carbocycles. The minimum absolute atomic E-state index is 0.562. The van der Waals surface area contributed by atoms with Crippen molar-refractivity contribution in [1.82, 2.24) is 9.97 Å². The quantitative estimate of drug-likeness (QED) is 0.734. The number of hydrogen-bond acceptors (Lipinski definition) is 5. The molecule has 3 N–H and O–H groups in total. The van der Waals surface area contributed by atoms with Crippen molar-refractivity contribution in [3.05, 3.63) is 52.0 Å². The summed E-state index contributed by atoms with van der Waals surface area (Å²) >= 11 is 1.81. The molecular formula is C17H20N4S. The van der Waals surface area contributed by atoms with Gasteiger partial charge in [-0.1, -0.05) is 12.1 Å². The maximum absolute atomic E-state index is 5.64. The number of anilines is 1. The molecule has 1 aromatic carbocycles. The lowest BCUT2D eigenvalue weighted by Gasteiger charge is -2.10. The van der Waals surface area contributed by atoms with Crippen LogP contribution in [0, 0.1) is 6.92 Å². The lowest BCUT2D eigenvalue weighted by atomic mass is 10.2. The van der Waals surface area contributed by atoms with Gasteiger partial charge in [0, 0.05) is 23.2 Å². The number of aromatic nitrogens is 2. The monoisotopic (exact) mass is 312 g/mol. The highest BCUT2D eigenvalue weighted by molar-refractivity contribution is 7.10. The van der Waals surface area contributed by atoms with Gasteiger partial charge in [-0.05, 0) is 49.0 Å². The second-order valence-electron chi connectivity index (χ2n) is 5.25. The van der Waals surface area contributed by atoms with Crippen LogP contribution >= 0.6 is 11.3 Å². The minimum Gasteiger partial charge on any atom is -0.369 e. The van der Waals surface area contributed by atoms with E-state index in [4.69, 9.17) is 5.73 Å². The molecule has 114 valence electrons. The molecular weight excluding hydrogens is 292 g/mol. The topological polar surface area (TPSA) is 63.8 Å². The third-order valence-electron chi connectivity index (χ3n) is 3.63. The van der Waals surface area contributed by atoms with E-state index in [1.165, 1.54) is 10.4 Å². The molecule has 22 heavy (non-hydrogen) atoms. The zero-order chi connectivity index (χ0) is 15.4. The second kappa shape index (κ2) is 6.85. The number of hydrogen-bond donors (Lipinski definition) is 2. The predicted octanol–water partition coefficient (Wildman–Crippen LogP) is 3.16. The van der Waals surface area contributed by atoms with E-state index in [-0.39, 0.29) is 0 Å². The van der Waals surface area contributed by atoms with Crippen molar-refractivity contribution in [1.29, 1.82) is 0 Å². The number of fused-ring (bicyclic) bond motifs is 1. The zero-order valence-corrected chi connectivity index (χ0v) is 13.5. The van der Waals surface area contributed by atoms with Crippen molar-refractivity contribution >= 4 is 28.1 Å². The first-order valence-electron chi connectivity index (χ1n) is 7.50. The van der Waals surface area contributed by atoms with E-state index < -0.39 is 0 Å². The Kier molecular flexibility index (Phi) is 4.65. The van der Waals surface area contributed by atoms with Gasteiger partial charge in [0.1, 0.15) is 11.6 Å². The number of aryl methyl sites for hydroxylation is 1. The normalized spacial score (nSPS) is 11.0. The van der Waals surface area contributed by atoms with Crippen molar-refractivity contribution in [2.75, 3.05) is 18.4 Å². The van der Waals surface area contributed by atoms with Crippen LogP contribution in [0.5, 0.6) is 0 Å². The Morgan fingerprint density at radius 2 is 2.00 bits per heavy atom. The fourth-order valence-corrected chi connectivity index (χ4v) is 3.37. The molecule has 0 aliphatic heterocycles. The van der Waals surface area contributed by atoms with E-state index in [2.05, 4.69) is 39.7 Å². The number of thiophene rings is 1. The van der Waals surface area contributed by atoms with Crippen molar-refractivity contribution in [3.8, 4) is 0 Å². The second-order valence-corrected chi connectivity index (χ2v) is 6.25. The highest BCUT2D eigenvalue weighted by Gasteiger charge is 2.07. The molecule has 0 aliphatic carbocycles. The zero-order valence-electron chi connectivity index (χ0n) is 12.7. The Morgan fingerprint density at radius 1 is 1.14 bits per heavy atom. The molecule has 4 nitrogen and oxygen atoms in total. The summed E-state index contributed by atoms with van der Waals surface area (Å²) in [6.07, 6.45) is 1.71. The molecule has 0 amide bonds. The van der Waals surface area contributed by atoms with Crippen LogP contribution in [0.4, 0.5) is 5.82 Å². The molecule has 3 aromatic rings. The highest BCUT2D eigenvalue weighted by atomic mass is 32.1. The van der Waals surface area contributed by atoms with E-state index in [0.29, 0.717) is 13.0 Å². The summed E-state index contributed by atoms with van der Waals surface area (Å²) in [5.41, 5.74) is 7.97. The SMILES string of the molecule is Cc1ccsc1CCNc1nc(CCN)nc2ccccc12. The van der Waals surface area contributed by atoms with Gasteiger partial charge in [0.2, 0.25) is 0 Å². The maximum atomic E-state index is 5.64. The standard InChI is InChI=1S/C17H20N4S/c1-12-8-11-22-15(12)7-10-19-17-13-4-2-3-5-14(13)20-16(21-17)6-9-18/h2-5,8,11H,6-7,9-10,18H2,1H3,(H,19,20,21). The summed E-state index contributed by atoms with van der Waals surface area (Å²) in [6, 6.07) is 10.3. The molecule has 0 bridgehead atoms. The van der Waals surface area contributed by atoms with Gasteiger partial charge in [-0.3, -0.25) is 0 Å². The number of nitrogens with one attached hydrogen (secondary N) is 1. The molecule has 2 heterocycles. The molecule has 0 spiro atoms. The molecule has 5 heteroatoms. The van der Waals surface area contributed by atoms with E-state index in [1.54, 1.807) is 0 Å². The number of rotatable bonds is 6. The van der Waals surface area contributed by atoms with Gasteiger partial charge in [0.15, 0.2) is 0 Å². The van der Waals surface area contributed by atoms with Crippen molar-refractivity contribution in [3.63, 3.8) is 0 Å². The lowest BCUT2D eigenvalue weighted by Crippen LogP contribution is -2.11. The Morgan fingerprint density at radius 3 is 2.77 bits per heavy atom. The van der Waals surface area contributed by atoms with Gasteiger partial charge in [-0.15, -0.1) is 11.3 Å². The number of benzene rings is 1. The first-order chi connectivity index (χ1) is 10.8. The Hall–Kier alpha value is -1.98. The fourth-order valence-electron chi connectivity index (χ4n) is 2.45. The number of para-hydroxylation sites is 1. The van der Waals surface area contributed by atoms with Crippen LogP contribution in [0.15, 0.2) is 35.7 Å². The highest BCUT2D eigenvalue weighted by Crippen LogP contribution is 2.21. The van der Waals surface area contributed by atoms with Crippen molar-refractivity contribution in [2.45, 2.75) is 19.8 Å². The van der Waals surface area contributed by atoms with Crippen LogP contribution in [0.1, 0.15) is 16.3 Å². The van der Waals surface area contributed by atoms with Crippen molar-refractivity contribution in [2.24, 2.45) is 5.73 Å². The Bertz CT molecular complexity index is 766. The smallest absolute Gasteiger partial charge is 0.137 e. The summed E-state index contributed by atoms with van der Waals surface area (Å²) in [4.78, 5) is 10.6. The largest absolute Gasteiger partial charge is 0.369 e. The molecule has 0 fully saturated rings.